The smallest absolute Gasteiger partial charge is 0.252 e. The predicted molar refractivity (Wildman–Crippen MR) is 138 cm³/mol. The van der Waals surface area contributed by atoms with Crippen LogP contribution in [0.4, 0.5) is 0 Å². The fourth-order valence-corrected chi connectivity index (χ4v) is 5.40. The molecule has 1 aliphatic carbocycles. The summed E-state index contributed by atoms with van der Waals surface area (Å²) in [5, 5.41) is 14.1. The Morgan fingerprint density at radius 2 is 1.91 bits per heavy atom. The first kappa shape index (κ1) is 23.4. The molecule has 0 saturated heterocycles. The first-order valence-corrected chi connectivity index (χ1v) is 12.8. The van der Waals surface area contributed by atoms with Crippen LogP contribution in [0.3, 0.4) is 0 Å². The molecule has 1 N–H and O–H groups in total. The Kier molecular flexibility index (Phi) is 7.04. The monoisotopic (exact) mass is 470 g/mol. The molecule has 0 amide bonds. The molecule has 1 unspecified atom stereocenters. The Labute approximate surface area is 206 Å². The molecular formula is C28H34N6O. The first-order valence-electron chi connectivity index (χ1n) is 12.8. The number of aromatic nitrogens is 5. The lowest BCUT2D eigenvalue weighted by molar-refractivity contribution is 0.169. The average Bonchev–Trinajstić information content (AvgIpc) is 3.56. The summed E-state index contributed by atoms with van der Waals surface area (Å²) in [6.07, 6.45) is 6.47. The maximum absolute atomic E-state index is 13.1. The van der Waals surface area contributed by atoms with Gasteiger partial charge in [-0.2, -0.15) is 0 Å². The van der Waals surface area contributed by atoms with E-state index in [0.717, 1.165) is 54.5 Å². The highest BCUT2D eigenvalue weighted by Gasteiger charge is 2.29. The molecule has 5 rings (SSSR count). The summed E-state index contributed by atoms with van der Waals surface area (Å²) < 4.78 is 2.06. The fourth-order valence-electron chi connectivity index (χ4n) is 5.40. The molecule has 0 radical (unpaired) electrons. The number of hydrogen-bond acceptors (Lipinski definition) is 5. The van der Waals surface area contributed by atoms with Gasteiger partial charge in [0, 0.05) is 24.2 Å². The maximum Gasteiger partial charge on any atom is 0.252 e. The molecule has 2 aromatic carbocycles. The van der Waals surface area contributed by atoms with E-state index in [1.54, 1.807) is 0 Å². The van der Waals surface area contributed by atoms with E-state index in [2.05, 4.69) is 74.3 Å². The molecule has 2 aromatic heterocycles. The molecule has 4 aromatic rings. The van der Waals surface area contributed by atoms with E-state index in [-0.39, 0.29) is 11.6 Å². The molecule has 7 heteroatoms. The van der Waals surface area contributed by atoms with Gasteiger partial charge >= 0.3 is 0 Å². The van der Waals surface area contributed by atoms with E-state index in [1.807, 2.05) is 24.3 Å². The maximum atomic E-state index is 13.1. The Hall–Kier alpha value is -3.32. The number of fused-ring (bicyclic) bond motifs is 1. The number of pyridine rings is 1. The van der Waals surface area contributed by atoms with E-state index in [0.29, 0.717) is 12.6 Å². The summed E-state index contributed by atoms with van der Waals surface area (Å²) in [5.41, 5.74) is 4.08. The third-order valence-electron chi connectivity index (χ3n) is 7.29. The van der Waals surface area contributed by atoms with Crippen LogP contribution in [0, 0.1) is 6.92 Å². The van der Waals surface area contributed by atoms with Crippen molar-refractivity contribution in [3.8, 4) is 0 Å². The van der Waals surface area contributed by atoms with Crippen LogP contribution in [0.25, 0.3) is 10.9 Å². The van der Waals surface area contributed by atoms with Crippen molar-refractivity contribution in [2.24, 2.45) is 0 Å². The number of tetrazole rings is 1. The summed E-state index contributed by atoms with van der Waals surface area (Å²) in [4.78, 5) is 18.5. The zero-order chi connectivity index (χ0) is 24.2. The van der Waals surface area contributed by atoms with Crippen molar-refractivity contribution in [1.29, 1.82) is 0 Å². The van der Waals surface area contributed by atoms with Gasteiger partial charge < -0.3 is 4.98 Å². The number of nitrogens with one attached hydrogen (secondary N) is 1. The highest BCUT2D eigenvalue weighted by atomic mass is 16.1. The molecule has 2 heterocycles. The van der Waals surface area contributed by atoms with Crippen LogP contribution in [0.2, 0.25) is 0 Å². The van der Waals surface area contributed by atoms with E-state index >= 15 is 0 Å². The normalized spacial score (nSPS) is 15.3. The Balaban J connectivity index is 1.49. The van der Waals surface area contributed by atoms with E-state index in [1.165, 1.54) is 24.0 Å². The van der Waals surface area contributed by atoms with Crippen molar-refractivity contribution in [1.82, 2.24) is 30.1 Å². The summed E-state index contributed by atoms with van der Waals surface area (Å²) in [7, 11) is 0. The largest absolute Gasteiger partial charge is 0.322 e. The second-order valence-electron chi connectivity index (χ2n) is 9.76. The first-order chi connectivity index (χ1) is 17.1. The molecule has 182 valence electrons. The van der Waals surface area contributed by atoms with Crippen molar-refractivity contribution in [2.75, 3.05) is 6.54 Å². The summed E-state index contributed by atoms with van der Waals surface area (Å²) >= 11 is 0. The minimum Gasteiger partial charge on any atom is -0.322 e. The van der Waals surface area contributed by atoms with E-state index in [9.17, 15) is 4.79 Å². The third-order valence-corrected chi connectivity index (χ3v) is 7.29. The van der Waals surface area contributed by atoms with E-state index in [4.69, 9.17) is 0 Å². The molecule has 1 atom stereocenters. The number of aromatic amines is 1. The number of nitrogens with zero attached hydrogens (tertiary/aromatic N) is 5. The summed E-state index contributed by atoms with van der Waals surface area (Å²) in [5.74, 6) is 0.917. The molecular weight excluding hydrogens is 436 g/mol. The topological polar surface area (TPSA) is 79.7 Å². The van der Waals surface area contributed by atoms with Gasteiger partial charge in [-0.15, -0.1) is 5.10 Å². The molecule has 1 aliphatic rings. The predicted octanol–water partition coefficient (Wildman–Crippen LogP) is 5.13. The fraction of sp³-hybridized carbons (Fsp3) is 0.429. The van der Waals surface area contributed by atoms with Gasteiger partial charge in [0.05, 0.1) is 12.1 Å². The molecule has 1 saturated carbocycles. The lowest BCUT2D eigenvalue weighted by Crippen LogP contribution is -2.34. The third kappa shape index (κ3) is 5.20. The van der Waals surface area contributed by atoms with Crippen LogP contribution in [0.1, 0.15) is 73.6 Å². The van der Waals surface area contributed by atoms with Crippen molar-refractivity contribution in [3.63, 3.8) is 0 Å². The highest BCUT2D eigenvalue weighted by molar-refractivity contribution is 5.79. The minimum absolute atomic E-state index is 0.0296. The minimum atomic E-state index is -0.0312. The van der Waals surface area contributed by atoms with Crippen LogP contribution in [-0.4, -0.2) is 36.6 Å². The van der Waals surface area contributed by atoms with Gasteiger partial charge in [0.1, 0.15) is 0 Å². The lowest BCUT2D eigenvalue weighted by Gasteiger charge is -2.31. The second-order valence-corrected chi connectivity index (χ2v) is 9.76. The quantitative estimate of drug-likeness (QED) is 0.367. The molecule has 1 fully saturated rings. The number of H-pyrrole nitrogens is 1. The molecule has 0 bridgehead atoms. The average molecular weight is 471 g/mol. The van der Waals surface area contributed by atoms with Crippen LogP contribution in [-0.2, 0) is 13.0 Å². The lowest BCUT2D eigenvalue weighted by atomic mass is 10.1. The standard InChI is InChI=1S/C28H34N6O/c1-3-26(27-30-31-32-34(27)24-11-7-8-12-24)33(16-15-21-9-5-4-6-10-21)19-23-18-22-17-20(2)13-14-25(22)29-28(23)35/h4-6,9-10,13-14,17-18,24,26H,3,7-8,11-12,15-16,19H2,1-2H3,(H,29,35). The Morgan fingerprint density at radius 1 is 1.11 bits per heavy atom. The van der Waals surface area contributed by atoms with Crippen molar-refractivity contribution < 1.29 is 0 Å². The van der Waals surface area contributed by atoms with Gasteiger partial charge in [0.25, 0.3) is 5.56 Å². The van der Waals surface area contributed by atoms with Gasteiger partial charge in [0.15, 0.2) is 5.82 Å². The van der Waals surface area contributed by atoms with Gasteiger partial charge in [-0.05, 0) is 72.2 Å². The zero-order valence-corrected chi connectivity index (χ0v) is 20.7. The van der Waals surface area contributed by atoms with Gasteiger partial charge in [-0.3, -0.25) is 9.69 Å². The number of benzene rings is 2. The van der Waals surface area contributed by atoms with Crippen LogP contribution in [0.5, 0.6) is 0 Å². The van der Waals surface area contributed by atoms with Crippen molar-refractivity contribution in [3.05, 3.63) is 87.5 Å². The van der Waals surface area contributed by atoms with Crippen molar-refractivity contribution in [2.45, 2.75) is 71.0 Å². The molecule has 7 nitrogen and oxygen atoms in total. The van der Waals surface area contributed by atoms with Gasteiger partial charge in [-0.25, -0.2) is 4.68 Å². The number of rotatable bonds is 9. The Bertz CT molecular complexity index is 1320. The van der Waals surface area contributed by atoms with Crippen LogP contribution >= 0.6 is 0 Å². The van der Waals surface area contributed by atoms with Crippen molar-refractivity contribution >= 4 is 10.9 Å². The van der Waals surface area contributed by atoms with Crippen LogP contribution < -0.4 is 5.56 Å². The van der Waals surface area contributed by atoms with Gasteiger partial charge in [-0.1, -0.05) is 61.7 Å². The molecule has 0 aliphatic heterocycles. The molecule has 0 spiro atoms. The Morgan fingerprint density at radius 3 is 2.69 bits per heavy atom. The number of hydrogen-bond donors (Lipinski definition) is 1. The van der Waals surface area contributed by atoms with Crippen LogP contribution in [0.15, 0.2) is 59.4 Å². The highest BCUT2D eigenvalue weighted by Crippen LogP contribution is 2.33. The SMILES string of the molecule is CCC(c1nnnn1C1CCCC1)N(CCc1ccccc1)Cc1cc2cc(C)ccc2[nH]c1=O. The number of aryl methyl sites for hydroxylation is 1. The van der Waals surface area contributed by atoms with E-state index < -0.39 is 0 Å². The summed E-state index contributed by atoms with van der Waals surface area (Å²) in [6.45, 7) is 5.61. The summed E-state index contributed by atoms with van der Waals surface area (Å²) in [6, 6.07) is 19.1. The molecule has 35 heavy (non-hydrogen) atoms. The van der Waals surface area contributed by atoms with Gasteiger partial charge in [0.2, 0.25) is 0 Å². The zero-order valence-electron chi connectivity index (χ0n) is 20.7. The second kappa shape index (κ2) is 10.5.